The van der Waals surface area contributed by atoms with Crippen LogP contribution in [0.4, 0.5) is 0 Å². The minimum absolute atomic E-state index is 0.220. The third-order valence-corrected chi connectivity index (χ3v) is 4.54. The van der Waals surface area contributed by atoms with Crippen LogP contribution >= 0.6 is 15.9 Å². The van der Waals surface area contributed by atoms with Crippen molar-refractivity contribution >= 4 is 15.9 Å². The summed E-state index contributed by atoms with van der Waals surface area (Å²) in [7, 11) is 1.99. The van der Waals surface area contributed by atoms with Crippen LogP contribution in [0.25, 0.3) is 0 Å². The maximum atomic E-state index is 4.39. The Morgan fingerprint density at radius 1 is 1.38 bits per heavy atom. The molecule has 0 atom stereocenters. The van der Waals surface area contributed by atoms with Crippen molar-refractivity contribution in [2.24, 2.45) is 7.05 Å². The molecule has 1 aromatic rings. The van der Waals surface area contributed by atoms with Crippen LogP contribution in [0, 0.1) is 6.92 Å². The predicted molar refractivity (Wildman–Crippen MR) is 71.5 cm³/mol. The largest absolute Gasteiger partial charge is 0.306 e. The van der Waals surface area contributed by atoms with Crippen molar-refractivity contribution in [3.05, 3.63) is 15.9 Å². The number of halogens is 1. The van der Waals surface area contributed by atoms with Gasteiger partial charge in [-0.25, -0.2) is 0 Å². The number of aromatic nitrogens is 2. The van der Waals surface area contributed by atoms with Crippen LogP contribution in [0.15, 0.2) is 4.47 Å². The summed E-state index contributed by atoms with van der Waals surface area (Å²) >= 11 is 3.59. The Labute approximate surface area is 107 Å². The van der Waals surface area contributed by atoms with E-state index in [9.17, 15) is 0 Å². The van der Waals surface area contributed by atoms with Gasteiger partial charge in [-0.3, -0.25) is 4.68 Å². The summed E-state index contributed by atoms with van der Waals surface area (Å²) in [6.45, 7) is 9.59. The van der Waals surface area contributed by atoms with Crippen LogP contribution in [0.3, 0.4) is 0 Å². The fraction of sp³-hybridized carbons (Fsp3) is 0.750. The van der Waals surface area contributed by atoms with Crippen molar-refractivity contribution in [1.29, 1.82) is 0 Å². The molecule has 0 bridgehead atoms. The van der Waals surface area contributed by atoms with E-state index in [0.717, 1.165) is 29.6 Å². The highest BCUT2D eigenvalue weighted by atomic mass is 79.9. The Hall–Kier alpha value is -0.350. The van der Waals surface area contributed by atoms with Crippen molar-refractivity contribution in [2.75, 3.05) is 0 Å². The third-order valence-electron chi connectivity index (χ3n) is 3.50. The Kier molecular flexibility index (Phi) is 4.56. The molecule has 0 radical (unpaired) electrons. The van der Waals surface area contributed by atoms with Gasteiger partial charge in [0.1, 0.15) is 0 Å². The monoisotopic (exact) mass is 287 g/mol. The molecule has 1 N–H and O–H groups in total. The Morgan fingerprint density at radius 3 is 2.31 bits per heavy atom. The molecule has 16 heavy (non-hydrogen) atoms. The van der Waals surface area contributed by atoms with Crippen LogP contribution in [0.5, 0.6) is 0 Å². The molecule has 0 saturated carbocycles. The first-order chi connectivity index (χ1) is 7.43. The SMILES string of the molecule is CCC(C)(CC)NCc1c(Br)c(C)nn1C. The molecule has 92 valence electrons. The first-order valence-electron chi connectivity index (χ1n) is 5.86. The highest BCUT2D eigenvalue weighted by Gasteiger charge is 2.20. The summed E-state index contributed by atoms with van der Waals surface area (Å²) in [4.78, 5) is 0. The smallest absolute Gasteiger partial charge is 0.0739 e. The lowest BCUT2D eigenvalue weighted by molar-refractivity contribution is 0.325. The van der Waals surface area contributed by atoms with Crippen molar-refractivity contribution in [3.63, 3.8) is 0 Å². The minimum atomic E-state index is 0.220. The Bertz CT molecular complexity index is 353. The molecule has 1 aromatic heterocycles. The third kappa shape index (κ3) is 2.86. The summed E-state index contributed by atoms with van der Waals surface area (Å²) in [5.41, 5.74) is 2.48. The molecule has 0 unspecified atom stereocenters. The number of hydrogen-bond donors (Lipinski definition) is 1. The van der Waals surface area contributed by atoms with Crippen molar-refractivity contribution in [1.82, 2.24) is 15.1 Å². The molecular formula is C12H22BrN3. The number of aryl methyl sites for hydroxylation is 2. The average molecular weight is 288 g/mol. The molecule has 0 aliphatic rings. The molecule has 4 heteroatoms. The molecule has 0 aliphatic heterocycles. The van der Waals surface area contributed by atoms with E-state index in [1.165, 1.54) is 5.69 Å². The van der Waals surface area contributed by atoms with Crippen LogP contribution in [-0.2, 0) is 13.6 Å². The average Bonchev–Trinajstić information content (AvgIpc) is 2.51. The van der Waals surface area contributed by atoms with Gasteiger partial charge in [0.15, 0.2) is 0 Å². The van der Waals surface area contributed by atoms with Gasteiger partial charge in [0.2, 0.25) is 0 Å². The first kappa shape index (κ1) is 13.7. The van der Waals surface area contributed by atoms with Crippen molar-refractivity contribution < 1.29 is 0 Å². The van der Waals surface area contributed by atoms with E-state index in [-0.39, 0.29) is 5.54 Å². The minimum Gasteiger partial charge on any atom is -0.306 e. The molecule has 1 rings (SSSR count). The topological polar surface area (TPSA) is 29.9 Å². The number of nitrogens with one attached hydrogen (secondary N) is 1. The molecule has 0 spiro atoms. The molecule has 3 nitrogen and oxygen atoms in total. The molecule has 0 aliphatic carbocycles. The second-order valence-electron chi connectivity index (χ2n) is 4.59. The Morgan fingerprint density at radius 2 is 1.94 bits per heavy atom. The van der Waals surface area contributed by atoms with Gasteiger partial charge >= 0.3 is 0 Å². The zero-order valence-corrected chi connectivity index (χ0v) is 12.5. The van der Waals surface area contributed by atoms with Gasteiger partial charge < -0.3 is 5.32 Å². The quantitative estimate of drug-likeness (QED) is 0.902. The van der Waals surface area contributed by atoms with E-state index >= 15 is 0 Å². The van der Waals surface area contributed by atoms with Gasteiger partial charge in [-0.15, -0.1) is 0 Å². The number of rotatable bonds is 5. The van der Waals surface area contributed by atoms with E-state index in [4.69, 9.17) is 0 Å². The normalized spacial score (nSPS) is 12.1. The molecule has 0 fully saturated rings. The lowest BCUT2D eigenvalue weighted by Gasteiger charge is -2.28. The predicted octanol–water partition coefficient (Wildman–Crippen LogP) is 3.16. The first-order valence-corrected chi connectivity index (χ1v) is 6.65. The van der Waals surface area contributed by atoms with E-state index in [1.807, 2.05) is 18.7 Å². The molecule has 0 aromatic carbocycles. The van der Waals surface area contributed by atoms with E-state index in [0.29, 0.717) is 0 Å². The fourth-order valence-electron chi connectivity index (χ4n) is 1.67. The zero-order chi connectivity index (χ0) is 12.3. The Balaban J connectivity index is 2.74. The standard InChI is InChI=1S/C12H22BrN3/c1-6-12(4,7-2)14-8-10-11(13)9(3)15-16(10)5/h14H,6-8H2,1-5H3. The maximum absolute atomic E-state index is 4.39. The van der Waals surface area contributed by atoms with Gasteiger partial charge in [-0.1, -0.05) is 13.8 Å². The summed E-state index contributed by atoms with van der Waals surface area (Å²) in [6, 6.07) is 0. The van der Waals surface area contributed by atoms with Crippen LogP contribution in [-0.4, -0.2) is 15.3 Å². The van der Waals surface area contributed by atoms with Crippen molar-refractivity contribution in [2.45, 2.75) is 52.6 Å². The van der Waals surface area contributed by atoms with E-state index in [2.05, 4.69) is 47.1 Å². The summed E-state index contributed by atoms with van der Waals surface area (Å²) in [5, 5.41) is 8.01. The van der Waals surface area contributed by atoms with Gasteiger partial charge in [0, 0.05) is 19.1 Å². The molecular weight excluding hydrogens is 266 g/mol. The highest BCUT2D eigenvalue weighted by Crippen LogP contribution is 2.21. The molecule has 0 amide bonds. The summed E-state index contributed by atoms with van der Waals surface area (Å²) in [5.74, 6) is 0. The number of nitrogens with zero attached hydrogens (tertiary/aromatic N) is 2. The maximum Gasteiger partial charge on any atom is 0.0739 e. The van der Waals surface area contributed by atoms with E-state index in [1.54, 1.807) is 0 Å². The van der Waals surface area contributed by atoms with Gasteiger partial charge in [0.25, 0.3) is 0 Å². The lowest BCUT2D eigenvalue weighted by atomic mass is 9.95. The zero-order valence-electron chi connectivity index (χ0n) is 10.9. The number of hydrogen-bond acceptors (Lipinski definition) is 2. The second kappa shape index (κ2) is 5.32. The fourth-order valence-corrected chi connectivity index (χ4v) is 2.15. The highest BCUT2D eigenvalue weighted by molar-refractivity contribution is 9.10. The lowest BCUT2D eigenvalue weighted by Crippen LogP contribution is -2.40. The summed E-state index contributed by atoms with van der Waals surface area (Å²) < 4.78 is 3.06. The van der Waals surface area contributed by atoms with Gasteiger partial charge in [-0.05, 0) is 42.6 Å². The van der Waals surface area contributed by atoms with Crippen LogP contribution in [0.2, 0.25) is 0 Å². The molecule has 1 heterocycles. The summed E-state index contributed by atoms with van der Waals surface area (Å²) in [6.07, 6.45) is 2.27. The van der Waals surface area contributed by atoms with Gasteiger partial charge in [-0.2, -0.15) is 5.10 Å². The van der Waals surface area contributed by atoms with Crippen LogP contribution in [0.1, 0.15) is 45.0 Å². The molecule has 0 saturated heterocycles. The van der Waals surface area contributed by atoms with Crippen LogP contribution < -0.4 is 5.32 Å². The van der Waals surface area contributed by atoms with Crippen molar-refractivity contribution in [3.8, 4) is 0 Å². The second-order valence-corrected chi connectivity index (χ2v) is 5.38. The van der Waals surface area contributed by atoms with Gasteiger partial charge in [0.05, 0.1) is 15.9 Å². The van der Waals surface area contributed by atoms with E-state index < -0.39 is 0 Å².